The van der Waals surface area contributed by atoms with Crippen LogP contribution in [0.5, 0.6) is 0 Å². The standard InChI is InChI=1S/C11H22S/c1-5-6-10(9(2)3)7-11(4)8-12-11/h9-10H,5-8H2,1-4H3. The van der Waals surface area contributed by atoms with Crippen molar-refractivity contribution in [1.82, 2.24) is 0 Å². The van der Waals surface area contributed by atoms with E-state index < -0.39 is 0 Å². The monoisotopic (exact) mass is 186 g/mol. The van der Waals surface area contributed by atoms with E-state index >= 15 is 0 Å². The maximum absolute atomic E-state index is 2.42. The third-order valence-electron chi connectivity index (χ3n) is 2.93. The lowest BCUT2D eigenvalue weighted by molar-refractivity contribution is 0.319. The van der Waals surface area contributed by atoms with Gasteiger partial charge < -0.3 is 0 Å². The van der Waals surface area contributed by atoms with Crippen molar-refractivity contribution in [2.45, 2.75) is 51.7 Å². The molecule has 0 saturated carbocycles. The predicted molar refractivity (Wildman–Crippen MR) is 58.7 cm³/mol. The van der Waals surface area contributed by atoms with Crippen LogP contribution in [0, 0.1) is 11.8 Å². The second-order valence-electron chi connectivity index (χ2n) is 4.74. The Morgan fingerprint density at radius 3 is 2.33 bits per heavy atom. The summed E-state index contributed by atoms with van der Waals surface area (Å²) < 4.78 is 0.671. The topological polar surface area (TPSA) is 0 Å². The maximum atomic E-state index is 2.42. The van der Waals surface area contributed by atoms with Crippen LogP contribution in [-0.2, 0) is 0 Å². The molecular formula is C11H22S. The van der Waals surface area contributed by atoms with Crippen LogP contribution >= 0.6 is 11.8 Å². The van der Waals surface area contributed by atoms with Gasteiger partial charge in [-0.15, -0.1) is 0 Å². The smallest absolute Gasteiger partial charge is 0.0225 e. The Morgan fingerprint density at radius 2 is 2.00 bits per heavy atom. The highest BCUT2D eigenvalue weighted by molar-refractivity contribution is 8.07. The summed E-state index contributed by atoms with van der Waals surface area (Å²) in [6, 6.07) is 0. The van der Waals surface area contributed by atoms with Crippen LogP contribution in [0.4, 0.5) is 0 Å². The van der Waals surface area contributed by atoms with Crippen molar-refractivity contribution in [3.05, 3.63) is 0 Å². The van der Waals surface area contributed by atoms with Gasteiger partial charge in [0.15, 0.2) is 0 Å². The van der Waals surface area contributed by atoms with Crippen molar-refractivity contribution in [2.75, 3.05) is 5.75 Å². The van der Waals surface area contributed by atoms with E-state index in [1.165, 1.54) is 25.0 Å². The zero-order valence-electron chi connectivity index (χ0n) is 8.89. The minimum Gasteiger partial charge on any atom is -0.153 e. The Morgan fingerprint density at radius 1 is 1.42 bits per heavy atom. The van der Waals surface area contributed by atoms with Gasteiger partial charge in [0.1, 0.15) is 0 Å². The van der Waals surface area contributed by atoms with E-state index in [1.807, 2.05) is 0 Å². The lowest BCUT2D eigenvalue weighted by atomic mass is 9.84. The van der Waals surface area contributed by atoms with Crippen LogP contribution in [0.1, 0.15) is 47.0 Å². The molecule has 1 saturated heterocycles. The fourth-order valence-electron chi connectivity index (χ4n) is 1.84. The second-order valence-corrected chi connectivity index (χ2v) is 6.30. The summed E-state index contributed by atoms with van der Waals surface area (Å²) in [7, 11) is 0. The first-order valence-corrected chi connectivity index (χ1v) is 6.20. The molecule has 72 valence electrons. The summed E-state index contributed by atoms with van der Waals surface area (Å²) >= 11 is 2.14. The van der Waals surface area contributed by atoms with E-state index in [9.17, 15) is 0 Å². The van der Waals surface area contributed by atoms with Crippen molar-refractivity contribution in [2.24, 2.45) is 11.8 Å². The van der Waals surface area contributed by atoms with Gasteiger partial charge in [0.25, 0.3) is 0 Å². The molecule has 0 radical (unpaired) electrons. The number of hydrogen-bond acceptors (Lipinski definition) is 1. The Labute approximate surface area is 81.5 Å². The van der Waals surface area contributed by atoms with Crippen LogP contribution in [0.25, 0.3) is 0 Å². The molecule has 1 fully saturated rings. The summed E-state index contributed by atoms with van der Waals surface area (Å²) in [5.41, 5.74) is 0. The molecule has 0 aromatic heterocycles. The lowest BCUT2D eigenvalue weighted by Gasteiger charge is -2.22. The van der Waals surface area contributed by atoms with Gasteiger partial charge in [-0.05, 0) is 25.2 Å². The molecule has 0 nitrogen and oxygen atoms in total. The normalized spacial score (nSPS) is 30.8. The van der Waals surface area contributed by atoms with Gasteiger partial charge in [0.05, 0.1) is 0 Å². The summed E-state index contributed by atoms with van der Waals surface area (Å²) in [6.07, 6.45) is 4.22. The quantitative estimate of drug-likeness (QED) is 0.586. The minimum absolute atomic E-state index is 0.671. The number of thioether (sulfide) groups is 1. The molecule has 0 amide bonds. The van der Waals surface area contributed by atoms with Gasteiger partial charge >= 0.3 is 0 Å². The molecule has 0 aromatic rings. The van der Waals surface area contributed by atoms with E-state index in [1.54, 1.807) is 0 Å². The van der Waals surface area contributed by atoms with Crippen molar-refractivity contribution < 1.29 is 0 Å². The molecule has 0 N–H and O–H groups in total. The van der Waals surface area contributed by atoms with Crippen LogP contribution in [0.3, 0.4) is 0 Å². The van der Waals surface area contributed by atoms with Gasteiger partial charge in [0, 0.05) is 10.5 Å². The Kier molecular flexibility index (Phi) is 3.51. The predicted octanol–water partition coefficient (Wildman–Crippen LogP) is 3.95. The van der Waals surface area contributed by atoms with E-state index in [-0.39, 0.29) is 0 Å². The number of rotatable bonds is 5. The maximum Gasteiger partial charge on any atom is 0.0225 e. The first kappa shape index (κ1) is 10.4. The molecule has 1 heterocycles. The van der Waals surface area contributed by atoms with Crippen molar-refractivity contribution in [3.63, 3.8) is 0 Å². The van der Waals surface area contributed by atoms with Gasteiger partial charge in [-0.2, -0.15) is 11.8 Å². The van der Waals surface area contributed by atoms with E-state index in [4.69, 9.17) is 0 Å². The minimum atomic E-state index is 0.671. The average molecular weight is 186 g/mol. The zero-order chi connectivity index (χ0) is 9.19. The van der Waals surface area contributed by atoms with Gasteiger partial charge in [0.2, 0.25) is 0 Å². The third kappa shape index (κ3) is 3.01. The molecule has 2 unspecified atom stereocenters. The Bertz CT molecular complexity index is 136. The Balaban J connectivity index is 2.32. The molecule has 1 aliphatic heterocycles. The molecular weight excluding hydrogens is 164 g/mol. The zero-order valence-corrected chi connectivity index (χ0v) is 9.71. The van der Waals surface area contributed by atoms with Gasteiger partial charge in [-0.25, -0.2) is 0 Å². The summed E-state index contributed by atoms with van der Waals surface area (Å²) in [6.45, 7) is 9.47. The highest BCUT2D eigenvalue weighted by Crippen LogP contribution is 2.50. The van der Waals surface area contributed by atoms with Crippen LogP contribution in [0.15, 0.2) is 0 Å². The highest BCUT2D eigenvalue weighted by atomic mass is 32.2. The van der Waals surface area contributed by atoms with Gasteiger partial charge in [-0.3, -0.25) is 0 Å². The van der Waals surface area contributed by atoms with Crippen molar-refractivity contribution >= 4 is 11.8 Å². The number of hydrogen-bond donors (Lipinski definition) is 0. The fraction of sp³-hybridized carbons (Fsp3) is 1.00. The summed E-state index contributed by atoms with van der Waals surface area (Å²) in [4.78, 5) is 0. The highest BCUT2D eigenvalue weighted by Gasteiger charge is 2.40. The van der Waals surface area contributed by atoms with Crippen LogP contribution < -0.4 is 0 Å². The molecule has 0 spiro atoms. The lowest BCUT2D eigenvalue weighted by Crippen LogP contribution is -2.16. The molecule has 1 heteroatoms. The third-order valence-corrected chi connectivity index (χ3v) is 4.37. The average Bonchev–Trinajstić information content (AvgIpc) is 2.67. The largest absolute Gasteiger partial charge is 0.153 e. The Hall–Kier alpha value is 0.350. The fourth-order valence-corrected chi connectivity index (χ4v) is 2.53. The molecule has 12 heavy (non-hydrogen) atoms. The molecule has 1 aliphatic rings. The molecule has 0 aromatic carbocycles. The summed E-state index contributed by atoms with van der Waals surface area (Å²) in [5, 5.41) is 0. The summed E-state index contributed by atoms with van der Waals surface area (Å²) in [5.74, 6) is 3.25. The van der Waals surface area contributed by atoms with Crippen LogP contribution in [-0.4, -0.2) is 10.5 Å². The van der Waals surface area contributed by atoms with Crippen molar-refractivity contribution in [1.29, 1.82) is 0 Å². The first-order chi connectivity index (χ1) is 5.57. The first-order valence-electron chi connectivity index (χ1n) is 5.21. The molecule has 2 atom stereocenters. The molecule has 1 rings (SSSR count). The van der Waals surface area contributed by atoms with Crippen LogP contribution in [0.2, 0.25) is 0 Å². The molecule has 0 bridgehead atoms. The van der Waals surface area contributed by atoms with Crippen molar-refractivity contribution in [3.8, 4) is 0 Å². The second kappa shape index (κ2) is 4.04. The van der Waals surface area contributed by atoms with E-state index in [0.29, 0.717) is 4.75 Å². The molecule has 0 aliphatic carbocycles. The van der Waals surface area contributed by atoms with Gasteiger partial charge in [-0.1, -0.05) is 33.6 Å². The SMILES string of the molecule is CCCC(CC1(C)CS1)C(C)C. The van der Waals surface area contributed by atoms with E-state index in [0.717, 1.165) is 11.8 Å². The van der Waals surface area contributed by atoms with E-state index in [2.05, 4.69) is 39.5 Å².